The molecule has 1 aliphatic heterocycles. The first kappa shape index (κ1) is 14.9. The Morgan fingerprint density at radius 3 is 2.82 bits per heavy atom. The first-order valence-corrected chi connectivity index (χ1v) is 7.58. The number of aromatic nitrogens is 2. The topological polar surface area (TPSA) is 86.3 Å². The van der Waals surface area contributed by atoms with Crippen LogP contribution >= 0.6 is 11.6 Å². The molecule has 0 spiro atoms. The molecule has 1 aromatic heterocycles. The van der Waals surface area contributed by atoms with E-state index in [1.54, 1.807) is 12.4 Å². The zero-order chi connectivity index (χ0) is 16.0. The van der Waals surface area contributed by atoms with Gasteiger partial charge >= 0.3 is 0 Å². The molecule has 114 valence electrons. The van der Waals surface area contributed by atoms with Gasteiger partial charge in [0.2, 0.25) is 5.95 Å². The monoisotopic (exact) mass is 316 g/mol. The summed E-state index contributed by atoms with van der Waals surface area (Å²) in [6.07, 6.45) is 5.46. The number of halogens is 1. The highest BCUT2D eigenvalue weighted by Crippen LogP contribution is 2.44. The van der Waals surface area contributed by atoms with E-state index in [-0.39, 0.29) is 0 Å². The zero-order valence-corrected chi connectivity index (χ0v) is 13.5. The maximum absolute atomic E-state index is 9.41. The Kier molecular flexibility index (Phi) is 3.41. The van der Waals surface area contributed by atoms with Crippen molar-refractivity contribution in [2.24, 2.45) is 15.6 Å². The van der Waals surface area contributed by atoms with E-state index >= 15 is 0 Å². The second-order valence-corrected chi connectivity index (χ2v) is 6.80. The predicted octanol–water partition coefficient (Wildman–Crippen LogP) is 4.03. The Labute approximate surface area is 134 Å². The highest BCUT2D eigenvalue weighted by Gasteiger charge is 2.47. The maximum atomic E-state index is 9.41. The number of hydrogen-bond acceptors (Lipinski definition) is 6. The quantitative estimate of drug-likeness (QED) is 0.908. The smallest absolute Gasteiger partial charge is 0.227 e. The number of nitriles is 1. The van der Waals surface area contributed by atoms with Gasteiger partial charge < -0.3 is 5.32 Å². The van der Waals surface area contributed by atoms with Crippen molar-refractivity contribution in [3.8, 4) is 6.07 Å². The van der Waals surface area contributed by atoms with Crippen LogP contribution in [-0.2, 0) is 0 Å². The first-order chi connectivity index (χ1) is 10.4. The largest absolute Gasteiger partial charge is 0.324 e. The van der Waals surface area contributed by atoms with Crippen molar-refractivity contribution in [3.05, 3.63) is 28.8 Å². The molecule has 1 N–H and O–H groups in total. The van der Waals surface area contributed by atoms with Crippen molar-refractivity contribution in [2.45, 2.75) is 45.1 Å². The third-order valence-corrected chi connectivity index (χ3v) is 4.74. The summed E-state index contributed by atoms with van der Waals surface area (Å²) in [7, 11) is 0. The van der Waals surface area contributed by atoms with Crippen LogP contribution in [-0.4, -0.2) is 15.5 Å². The minimum atomic E-state index is -0.759. The highest BCUT2D eigenvalue weighted by molar-refractivity contribution is 6.31. The van der Waals surface area contributed by atoms with Crippen LogP contribution in [0.5, 0.6) is 0 Å². The summed E-state index contributed by atoms with van der Waals surface area (Å²) in [5, 5.41) is 21.4. The third-order valence-electron chi connectivity index (χ3n) is 4.45. The number of rotatable bonds is 4. The molecule has 0 aromatic carbocycles. The molecule has 6 nitrogen and oxygen atoms in total. The molecule has 0 amide bonds. The van der Waals surface area contributed by atoms with Crippen molar-refractivity contribution in [1.82, 2.24) is 9.97 Å². The summed E-state index contributed by atoms with van der Waals surface area (Å²) in [5.41, 5.74) is 0.123. The number of anilines is 1. The Bertz CT molecular complexity index is 713. The SMILES string of the molecule is CC(C)(C#N)C1(C)N=NC=C1Nc1ncc(Cl)c(C2CC2)n1. The Balaban J connectivity index is 1.88. The molecule has 2 aliphatic rings. The molecule has 1 unspecified atom stereocenters. The molecule has 2 heterocycles. The Hall–Kier alpha value is -2.00. The first-order valence-electron chi connectivity index (χ1n) is 7.21. The van der Waals surface area contributed by atoms with Crippen LogP contribution in [0.1, 0.15) is 45.2 Å². The molecular weight excluding hydrogens is 300 g/mol. The molecular formula is C15H17ClN6. The van der Waals surface area contributed by atoms with Crippen molar-refractivity contribution < 1.29 is 0 Å². The van der Waals surface area contributed by atoms with Gasteiger partial charge in [-0.3, -0.25) is 0 Å². The van der Waals surface area contributed by atoms with E-state index in [0.717, 1.165) is 18.5 Å². The van der Waals surface area contributed by atoms with Gasteiger partial charge in [-0.05, 0) is 33.6 Å². The predicted molar refractivity (Wildman–Crippen MR) is 83.4 cm³/mol. The molecule has 0 radical (unpaired) electrons. The van der Waals surface area contributed by atoms with Gasteiger partial charge in [0.15, 0.2) is 0 Å². The Morgan fingerprint density at radius 1 is 1.45 bits per heavy atom. The van der Waals surface area contributed by atoms with E-state index < -0.39 is 11.0 Å². The lowest BCUT2D eigenvalue weighted by atomic mass is 9.73. The van der Waals surface area contributed by atoms with E-state index in [0.29, 0.717) is 22.6 Å². The molecule has 7 heteroatoms. The van der Waals surface area contributed by atoms with Crippen LogP contribution in [0.2, 0.25) is 5.02 Å². The van der Waals surface area contributed by atoms with E-state index in [2.05, 4.69) is 31.6 Å². The van der Waals surface area contributed by atoms with E-state index in [4.69, 9.17) is 11.6 Å². The summed E-state index contributed by atoms with van der Waals surface area (Å²) in [4.78, 5) is 8.73. The van der Waals surface area contributed by atoms with Gasteiger partial charge in [0.25, 0.3) is 0 Å². The van der Waals surface area contributed by atoms with Crippen LogP contribution in [0, 0.1) is 16.7 Å². The summed E-state index contributed by atoms with van der Waals surface area (Å²) in [6, 6.07) is 2.29. The zero-order valence-electron chi connectivity index (χ0n) is 12.8. The van der Waals surface area contributed by atoms with Crippen molar-refractivity contribution >= 4 is 17.5 Å². The van der Waals surface area contributed by atoms with Gasteiger partial charge in [-0.15, -0.1) is 0 Å². The van der Waals surface area contributed by atoms with Gasteiger partial charge in [-0.2, -0.15) is 15.5 Å². The fourth-order valence-corrected chi connectivity index (χ4v) is 2.56. The third kappa shape index (κ3) is 2.35. The van der Waals surface area contributed by atoms with Gasteiger partial charge in [-0.1, -0.05) is 11.6 Å². The van der Waals surface area contributed by atoms with Gasteiger partial charge in [-0.25, -0.2) is 9.97 Å². The molecule has 1 fully saturated rings. The molecule has 0 saturated heterocycles. The number of azo groups is 1. The van der Waals surface area contributed by atoms with Gasteiger partial charge in [0.1, 0.15) is 5.54 Å². The summed E-state index contributed by atoms with van der Waals surface area (Å²) in [5.74, 6) is 0.898. The second kappa shape index (κ2) is 5.03. The van der Waals surface area contributed by atoms with Crippen LogP contribution < -0.4 is 5.32 Å². The second-order valence-electron chi connectivity index (χ2n) is 6.39. The van der Waals surface area contributed by atoms with E-state index in [1.165, 1.54) is 0 Å². The lowest BCUT2D eigenvalue weighted by molar-refractivity contribution is 0.304. The van der Waals surface area contributed by atoms with E-state index in [1.807, 2.05) is 20.8 Å². The molecule has 1 saturated carbocycles. The average molecular weight is 317 g/mol. The van der Waals surface area contributed by atoms with Crippen LogP contribution in [0.15, 0.2) is 28.3 Å². The fraction of sp³-hybridized carbons (Fsp3) is 0.533. The van der Waals surface area contributed by atoms with Crippen molar-refractivity contribution in [2.75, 3.05) is 5.32 Å². The molecule has 1 atom stereocenters. The lowest BCUT2D eigenvalue weighted by Crippen LogP contribution is -2.42. The highest BCUT2D eigenvalue weighted by atomic mass is 35.5. The standard InChI is InChI=1S/C15H17ClN6/c1-14(2,8-17)15(3)11(7-19-22-15)20-13-18-6-10(16)12(21-13)9-4-5-9/h6-7,9H,4-5H2,1-3H3,(H,18,20,21). The fourth-order valence-electron chi connectivity index (χ4n) is 2.31. The minimum absolute atomic E-state index is 0.435. The molecule has 22 heavy (non-hydrogen) atoms. The summed E-state index contributed by atoms with van der Waals surface area (Å²) in [6.45, 7) is 5.56. The normalized spacial score (nSPS) is 24.0. The van der Waals surface area contributed by atoms with Crippen molar-refractivity contribution in [1.29, 1.82) is 5.26 Å². The maximum Gasteiger partial charge on any atom is 0.227 e. The molecule has 1 aromatic rings. The van der Waals surface area contributed by atoms with Crippen molar-refractivity contribution in [3.63, 3.8) is 0 Å². The van der Waals surface area contributed by atoms with Crippen LogP contribution in [0.4, 0.5) is 5.95 Å². The number of nitrogens with zero attached hydrogens (tertiary/aromatic N) is 5. The van der Waals surface area contributed by atoms with Crippen LogP contribution in [0.3, 0.4) is 0 Å². The van der Waals surface area contributed by atoms with Crippen LogP contribution in [0.25, 0.3) is 0 Å². The minimum Gasteiger partial charge on any atom is -0.324 e. The molecule has 1 aliphatic carbocycles. The van der Waals surface area contributed by atoms with Gasteiger partial charge in [0, 0.05) is 5.92 Å². The summed E-state index contributed by atoms with van der Waals surface area (Å²) < 4.78 is 0. The molecule has 3 rings (SSSR count). The Morgan fingerprint density at radius 2 is 2.18 bits per heavy atom. The van der Waals surface area contributed by atoms with Gasteiger partial charge in [0.05, 0.1) is 40.3 Å². The summed E-state index contributed by atoms with van der Waals surface area (Å²) >= 11 is 6.15. The number of nitrogens with one attached hydrogen (secondary N) is 1. The molecule has 0 bridgehead atoms. The lowest BCUT2D eigenvalue weighted by Gasteiger charge is -2.34. The number of hydrogen-bond donors (Lipinski definition) is 1. The average Bonchev–Trinajstić information content (AvgIpc) is 3.26. The van der Waals surface area contributed by atoms with E-state index in [9.17, 15) is 5.26 Å².